The van der Waals surface area contributed by atoms with E-state index in [2.05, 4.69) is 20.6 Å². The molecule has 2 amide bonds. The molecule has 0 radical (unpaired) electrons. The Morgan fingerprint density at radius 2 is 1.51 bits per heavy atom. The number of thiophene rings is 1. The van der Waals surface area contributed by atoms with Crippen LogP contribution in [-0.4, -0.2) is 22.7 Å². The molecule has 7 heteroatoms. The normalized spacial score (nSPS) is 10.2. The van der Waals surface area contributed by atoms with Crippen LogP contribution in [0.1, 0.15) is 37.2 Å². The molecule has 5 rings (SSSR count). The van der Waals surface area contributed by atoms with Gasteiger partial charge >= 0.3 is 11.8 Å². The van der Waals surface area contributed by atoms with Gasteiger partial charge in [-0.1, -0.05) is 45.5 Å². The molecule has 0 saturated heterocycles. The number of nitrogens with zero attached hydrogens (tertiary/aromatic N) is 1. The third kappa shape index (κ3) is 6.16. The van der Waals surface area contributed by atoms with Crippen molar-refractivity contribution >= 4 is 51.7 Å². The van der Waals surface area contributed by atoms with Crippen molar-refractivity contribution in [1.29, 1.82) is 0 Å². The summed E-state index contributed by atoms with van der Waals surface area (Å²) in [4.78, 5) is 36.3. The maximum Gasteiger partial charge on any atom is 0.314 e. The fourth-order valence-corrected chi connectivity index (χ4v) is 5.09. The molecule has 2 heterocycles. The van der Waals surface area contributed by atoms with Crippen LogP contribution in [0.4, 0.5) is 11.4 Å². The van der Waals surface area contributed by atoms with E-state index in [-0.39, 0.29) is 7.43 Å². The molecule has 0 spiro atoms. The lowest BCUT2D eigenvalue weighted by atomic mass is 10.0. The molecular formula is C32H33N3O3S. The summed E-state index contributed by atoms with van der Waals surface area (Å²) in [5.41, 5.74) is 7.73. The second-order valence-electron chi connectivity index (χ2n) is 8.51. The number of aldehydes is 1. The van der Waals surface area contributed by atoms with E-state index >= 15 is 0 Å². The molecular weight excluding hydrogens is 506 g/mol. The first-order valence-electron chi connectivity index (χ1n) is 12.3. The molecule has 2 aromatic heterocycles. The maximum atomic E-state index is 12.6. The van der Waals surface area contributed by atoms with E-state index in [4.69, 9.17) is 0 Å². The quantitative estimate of drug-likeness (QED) is 0.176. The van der Waals surface area contributed by atoms with Gasteiger partial charge in [0.1, 0.15) is 6.29 Å². The van der Waals surface area contributed by atoms with E-state index in [1.54, 1.807) is 35.6 Å². The first-order chi connectivity index (χ1) is 18.4. The van der Waals surface area contributed by atoms with Crippen LogP contribution in [0, 0.1) is 6.92 Å². The van der Waals surface area contributed by atoms with Gasteiger partial charge in [0, 0.05) is 40.5 Å². The Bertz CT molecular complexity index is 1600. The van der Waals surface area contributed by atoms with Crippen LogP contribution in [0.3, 0.4) is 0 Å². The Kier molecular flexibility index (Phi) is 9.57. The van der Waals surface area contributed by atoms with Gasteiger partial charge in [0.05, 0.1) is 5.69 Å². The van der Waals surface area contributed by atoms with Crippen molar-refractivity contribution in [2.45, 2.75) is 28.2 Å². The number of anilines is 2. The van der Waals surface area contributed by atoms with Crippen molar-refractivity contribution in [1.82, 2.24) is 4.57 Å². The summed E-state index contributed by atoms with van der Waals surface area (Å²) >= 11 is 1.62. The predicted octanol–water partition coefficient (Wildman–Crippen LogP) is 7.93. The minimum absolute atomic E-state index is 0. The van der Waals surface area contributed by atoms with Gasteiger partial charge < -0.3 is 15.2 Å². The molecule has 0 atom stereocenters. The van der Waals surface area contributed by atoms with E-state index < -0.39 is 11.8 Å². The first-order valence-corrected chi connectivity index (χ1v) is 13.3. The number of benzene rings is 3. The lowest BCUT2D eigenvalue weighted by Crippen LogP contribution is -2.29. The van der Waals surface area contributed by atoms with Crippen molar-refractivity contribution < 1.29 is 14.4 Å². The number of amides is 2. The van der Waals surface area contributed by atoms with Gasteiger partial charge in [-0.05, 0) is 82.9 Å². The van der Waals surface area contributed by atoms with Crippen LogP contribution < -0.4 is 10.6 Å². The number of aryl methyl sites for hydroxylation is 2. The zero-order valence-corrected chi connectivity index (χ0v) is 22.6. The summed E-state index contributed by atoms with van der Waals surface area (Å²) in [6, 6.07) is 22.4. The Balaban J connectivity index is 0.00000137. The molecule has 5 aromatic rings. The zero-order valence-electron chi connectivity index (χ0n) is 21.7. The monoisotopic (exact) mass is 539 g/mol. The highest BCUT2D eigenvalue weighted by Gasteiger charge is 2.17. The topological polar surface area (TPSA) is 80.2 Å². The van der Waals surface area contributed by atoms with Gasteiger partial charge in [0.2, 0.25) is 0 Å². The lowest BCUT2D eigenvalue weighted by molar-refractivity contribution is -0.132. The fraction of sp³-hybridized carbons (Fsp3) is 0.156. The second-order valence-corrected chi connectivity index (χ2v) is 9.29. The Hall–Kier alpha value is -4.49. The zero-order chi connectivity index (χ0) is 27.2. The number of nitrogens with one attached hydrogen (secondary N) is 2. The van der Waals surface area contributed by atoms with Crippen LogP contribution in [0.2, 0.25) is 0 Å². The molecule has 200 valence electrons. The molecule has 0 aliphatic heterocycles. The highest BCUT2D eigenvalue weighted by Crippen LogP contribution is 2.34. The van der Waals surface area contributed by atoms with Gasteiger partial charge in [0.15, 0.2) is 0 Å². The average Bonchev–Trinajstić information content (AvgIpc) is 3.57. The van der Waals surface area contributed by atoms with Crippen molar-refractivity contribution in [3.8, 4) is 22.4 Å². The van der Waals surface area contributed by atoms with Crippen LogP contribution in [0.5, 0.6) is 0 Å². The highest BCUT2D eigenvalue weighted by molar-refractivity contribution is 7.08. The highest BCUT2D eigenvalue weighted by atomic mass is 32.1. The van der Waals surface area contributed by atoms with Crippen LogP contribution in [0.25, 0.3) is 33.3 Å². The van der Waals surface area contributed by atoms with E-state index in [1.807, 2.05) is 81.7 Å². The van der Waals surface area contributed by atoms with Gasteiger partial charge in [0.25, 0.3) is 0 Å². The largest absolute Gasteiger partial charge is 0.343 e. The summed E-state index contributed by atoms with van der Waals surface area (Å²) in [6.45, 7) is 6.01. The minimum Gasteiger partial charge on any atom is -0.343 e. The van der Waals surface area contributed by atoms with Crippen LogP contribution in [0.15, 0.2) is 83.6 Å². The molecule has 0 aliphatic rings. The molecule has 0 saturated carbocycles. The van der Waals surface area contributed by atoms with Crippen molar-refractivity contribution in [2.24, 2.45) is 7.05 Å². The van der Waals surface area contributed by atoms with Crippen LogP contribution in [-0.2, 0) is 16.6 Å². The average molecular weight is 540 g/mol. The molecule has 39 heavy (non-hydrogen) atoms. The number of carbonyl (C=O) groups is 3. The van der Waals surface area contributed by atoms with E-state index in [1.165, 1.54) is 0 Å². The van der Waals surface area contributed by atoms with Gasteiger partial charge in [-0.25, -0.2) is 0 Å². The summed E-state index contributed by atoms with van der Waals surface area (Å²) in [5, 5.41) is 10.4. The summed E-state index contributed by atoms with van der Waals surface area (Å²) in [7, 11) is 1.97. The minimum atomic E-state index is -0.751. The Morgan fingerprint density at radius 3 is 2.15 bits per heavy atom. The van der Waals surface area contributed by atoms with Crippen LogP contribution >= 0.6 is 11.3 Å². The molecule has 0 bridgehead atoms. The fourth-order valence-electron chi connectivity index (χ4n) is 4.42. The number of aromatic nitrogens is 1. The molecule has 6 nitrogen and oxygen atoms in total. The van der Waals surface area contributed by atoms with Crippen molar-refractivity contribution in [2.75, 3.05) is 10.6 Å². The second kappa shape index (κ2) is 12.8. The van der Waals surface area contributed by atoms with E-state index in [0.717, 1.165) is 45.1 Å². The van der Waals surface area contributed by atoms with Gasteiger partial charge in [-0.2, -0.15) is 11.3 Å². The maximum absolute atomic E-state index is 12.6. The Morgan fingerprint density at radius 1 is 0.821 bits per heavy atom. The smallest absolute Gasteiger partial charge is 0.314 e. The molecule has 0 aliphatic carbocycles. The van der Waals surface area contributed by atoms with Crippen molar-refractivity contribution in [3.63, 3.8) is 0 Å². The third-order valence-electron chi connectivity index (χ3n) is 6.21. The summed E-state index contributed by atoms with van der Waals surface area (Å²) < 4.78 is 2.06. The lowest BCUT2D eigenvalue weighted by Gasteiger charge is -2.10. The number of rotatable bonds is 5. The third-order valence-corrected chi connectivity index (χ3v) is 6.89. The molecule has 0 unspecified atom stereocenters. The van der Waals surface area contributed by atoms with E-state index in [0.29, 0.717) is 16.9 Å². The number of hydrogen-bond donors (Lipinski definition) is 2. The Labute approximate surface area is 233 Å². The first kappa shape index (κ1) is 29.1. The molecule has 2 N–H and O–H groups in total. The molecule has 0 fully saturated rings. The summed E-state index contributed by atoms with van der Waals surface area (Å²) in [6.07, 6.45) is 0.838. The molecule has 3 aromatic carbocycles. The SMILES string of the molecule is C.CC.Cc1c(-c2cccc(NC(=O)C(=O)Nc3ccc(-c4ccsc4)cc3)c2)n(C)c2ccc(C=O)cc12. The van der Waals surface area contributed by atoms with Gasteiger partial charge in [-0.3, -0.25) is 14.4 Å². The van der Waals surface area contributed by atoms with E-state index in [9.17, 15) is 14.4 Å². The van der Waals surface area contributed by atoms with Gasteiger partial charge in [-0.15, -0.1) is 0 Å². The number of fused-ring (bicyclic) bond motifs is 1. The number of hydrogen-bond acceptors (Lipinski definition) is 4. The summed E-state index contributed by atoms with van der Waals surface area (Å²) in [5.74, 6) is -1.50. The predicted molar refractivity (Wildman–Crippen MR) is 164 cm³/mol. The van der Waals surface area contributed by atoms with Crippen molar-refractivity contribution in [3.05, 3.63) is 94.7 Å². The number of carbonyl (C=O) groups excluding carboxylic acids is 3. The standard InChI is InChI=1S/C29H23N3O3S.C2H6.CH4/c1-18-25-14-19(16-33)6-11-26(25)32(2)27(18)21-4-3-5-24(15-21)31-29(35)28(34)30-23-9-7-20(8-10-23)22-12-13-36-17-22;1-2;/h3-17H,1-2H3,(H,30,34)(H,31,35);1-2H3;1H4.